The van der Waals surface area contributed by atoms with Crippen molar-refractivity contribution >= 4 is 56.8 Å². The van der Waals surface area contributed by atoms with E-state index >= 15 is 0 Å². The zero-order valence-corrected chi connectivity index (χ0v) is 34.1. The summed E-state index contributed by atoms with van der Waals surface area (Å²) in [6.07, 6.45) is 0. The van der Waals surface area contributed by atoms with E-state index in [-0.39, 0.29) is 0 Å². The standard InChI is InChI=1S/C56H36N2S2/c1-2-14-42-41(13-1)45-17-5-9-21-49(45)57(50-22-10-6-18-46(42)50)39-29-25-37(26-30-39)53-33-35-55(59-53)56-36-34-54(60-56)38-27-31-40(32-28-38)58-51-23-11-7-19-47(51)43-15-3-4-16-44(43)48-20-8-12-24-52(48)58/h1-36H. The Labute approximate surface area is 358 Å². The van der Waals surface area contributed by atoms with E-state index in [1.165, 1.54) is 97.9 Å². The number of para-hydroxylation sites is 4. The van der Waals surface area contributed by atoms with Crippen LogP contribution in [0.25, 0.3) is 75.1 Å². The highest BCUT2D eigenvalue weighted by molar-refractivity contribution is 7.25. The average Bonchev–Trinajstić information content (AvgIpc) is 3.97. The molecule has 0 bridgehead atoms. The third-order valence-electron chi connectivity index (χ3n) is 11.9. The van der Waals surface area contributed by atoms with E-state index in [1.807, 2.05) is 22.7 Å². The van der Waals surface area contributed by atoms with Gasteiger partial charge in [-0.3, -0.25) is 0 Å². The second-order valence-electron chi connectivity index (χ2n) is 15.3. The molecular formula is C56H36N2S2. The molecule has 2 aromatic heterocycles. The smallest absolute Gasteiger partial charge is 0.0540 e. The minimum atomic E-state index is 1.14. The molecule has 12 rings (SSSR count). The lowest BCUT2D eigenvalue weighted by Crippen LogP contribution is -2.10. The topological polar surface area (TPSA) is 6.48 Å². The van der Waals surface area contributed by atoms with Crippen LogP contribution in [0.5, 0.6) is 0 Å². The molecule has 0 saturated heterocycles. The van der Waals surface area contributed by atoms with Crippen LogP contribution in [-0.2, 0) is 0 Å². The summed E-state index contributed by atoms with van der Waals surface area (Å²) in [5.74, 6) is 0. The average molecular weight is 801 g/mol. The number of nitrogens with zero attached hydrogens (tertiary/aromatic N) is 2. The molecule has 0 unspecified atom stereocenters. The minimum absolute atomic E-state index is 1.14. The molecule has 10 aromatic rings. The van der Waals surface area contributed by atoms with Crippen molar-refractivity contribution in [3.8, 4) is 75.1 Å². The second-order valence-corrected chi connectivity index (χ2v) is 17.4. The van der Waals surface area contributed by atoms with Crippen LogP contribution >= 0.6 is 22.7 Å². The molecule has 2 aliphatic heterocycles. The number of thiophene rings is 2. The van der Waals surface area contributed by atoms with Crippen LogP contribution in [0, 0.1) is 0 Å². The normalized spacial score (nSPS) is 12.3. The molecule has 0 spiro atoms. The Morgan fingerprint density at radius 3 is 0.767 bits per heavy atom. The first-order valence-electron chi connectivity index (χ1n) is 20.3. The Balaban J connectivity index is 0.830. The predicted octanol–water partition coefficient (Wildman–Crippen LogP) is 17.0. The van der Waals surface area contributed by atoms with E-state index in [2.05, 4.69) is 228 Å². The molecule has 8 aromatic carbocycles. The summed E-state index contributed by atoms with van der Waals surface area (Å²) < 4.78 is 0. The van der Waals surface area contributed by atoms with Crippen molar-refractivity contribution in [2.24, 2.45) is 0 Å². The molecule has 4 heterocycles. The van der Waals surface area contributed by atoms with Gasteiger partial charge in [-0.15, -0.1) is 22.7 Å². The van der Waals surface area contributed by atoms with Gasteiger partial charge in [0.25, 0.3) is 0 Å². The number of rotatable bonds is 5. The molecule has 0 radical (unpaired) electrons. The summed E-state index contributed by atoms with van der Waals surface area (Å²) >= 11 is 3.71. The monoisotopic (exact) mass is 800 g/mol. The van der Waals surface area contributed by atoms with Gasteiger partial charge in [-0.2, -0.15) is 0 Å². The molecular weight excluding hydrogens is 765 g/mol. The fourth-order valence-electron chi connectivity index (χ4n) is 9.11. The molecule has 0 N–H and O–H groups in total. The molecule has 2 aliphatic rings. The first-order valence-corrected chi connectivity index (χ1v) is 22.0. The molecule has 0 aliphatic carbocycles. The quantitative estimate of drug-likeness (QED) is 0.171. The van der Waals surface area contributed by atoms with Crippen LogP contribution in [0.2, 0.25) is 0 Å². The van der Waals surface area contributed by atoms with Gasteiger partial charge in [0.1, 0.15) is 0 Å². The van der Waals surface area contributed by atoms with Crippen molar-refractivity contribution in [3.63, 3.8) is 0 Å². The highest BCUT2D eigenvalue weighted by atomic mass is 32.1. The Morgan fingerprint density at radius 1 is 0.217 bits per heavy atom. The van der Waals surface area contributed by atoms with E-state index in [0.29, 0.717) is 0 Å². The Bertz CT molecular complexity index is 2870. The highest BCUT2D eigenvalue weighted by Gasteiger charge is 2.27. The molecule has 0 saturated carbocycles. The van der Waals surface area contributed by atoms with Gasteiger partial charge >= 0.3 is 0 Å². The molecule has 282 valence electrons. The fourth-order valence-corrected chi connectivity index (χ4v) is 11.2. The number of fused-ring (bicyclic) bond motifs is 10. The van der Waals surface area contributed by atoms with Gasteiger partial charge in [0.15, 0.2) is 0 Å². The summed E-state index contributed by atoms with van der Waals surface area (Å²) in [6.45, 7) is 0. The highest BCUT2D eigenvalue weighted by Crippen LogP contribution is 2.52. The second kappa shape index (κ2) is 14.2. The predicted molar refractivity (Wildman–Crippen MR) is 257 cm³/mol. The van der Waals surface area contributed by atoms with Gasteiger partial charge in [0.2, 0.25) is 0 Å². The van der Waals surface area contributed by atoms with Gasteiger partial charge in [-0.05, 0) is 106 Å². The summed E-state index contributed by atoms with van der Waals surface area (Å²) in [6, 6.07) is 79.9. The van der Waals surface area contributed by atoms with Crippen molar-refractivity contribution in [1.82, 2.24) is 0 Å². The lowest BCUT2D eigenvalue weighted by atomic mass is 9.95. The number of benzene rings is 8. The Kier molecular flexibility index (Phi) is 8.25. The summed E-state index contributed by atoms with van der Waals surface area (Å²) in [4.78, 5) is 9.93. The van der Waals surface area contributed by atoms with Crippen molar-refractivity contribution in [2.75, 3.05) is 9.80 Å². The third-order valence-corrected chi connectivity index (χ3v) is 14.3. The van der Waals surface area contributed by atoms with Gasteiger partial charge in [-0.25, -0.2) is 0 Å². The van der Waals surface area contributed by atoms with Crippen molar-refractivity contribution in [3.05, 3.63) is 218 Å². The lowest BCUT2D eigenvalue weighted by molar-refractivity contribution is 1.30. The van der Waals surface area contributed by atoms with Gasteiger partial charge in [0, 0.05) is 53.1 Å². The molecule has 2 nitrogen and oxygen atoms in total. The lowest BCUT2D eigenvalue weighted by Gasteiger charge is -2.27. The van der Waals surface area contributed by atoms with Crippen LogP contribution < -0.4 is 9.80 Å². The fraction of sp³-hybridized carbons (Fsp3) is 0. The SMILES string of the molecule is c1ccc2c(c1)-c1ccccc1N(c1ccc(-c3ccc(-c4ccc(-c5ccc(N6c7ccccc7-c7ccccc7-c7ccccc76)cc5)s4)s3)cc1)c1ccccc1-2. The van der Waals surface area contributed by atoms with Gasteiger partial charge in [0.05, 0.1) is 22.7 Å². The summed E-state index contributed by atoms with van der Waals surface area (Å²) in [5.41, 5.74) is 19.5. The van der Waals surface area contributed by atoms with Crippen LogP contribution in [-0.4, -0.2) is 0 Å². The van der Waals surface area contributed by atoms with E-state index in [9.17, 15) is 0 Å². The van der Waals surface area contributed by atoms with Gasteiger partial charge < -0.3 is 9.80 Å². The molecule has 4 heteroatoms. The van der Waals surface area contributed by atoms with E-state index in [0.717, 1.165) is 11.4 Å². The molecule has 0 atom stereocenters. The van der Waals surface area contributed by atoms with Crippen LogP contribution in [0.3, 0.4) is 0 Å². The van der Waals surface area contributed by atoms with Crippen molar-refractivity contribution < 1.29 is 0 Å². The summed E-state index contributed by atoms with van der Waals surface area (Å²) in [5, 5.41) is 0. The summed E-state index contributed by atoms with van der Waals surface area (Å²) in [7, 11) is 0. The van der Waals surface area contributed by atoms with E-state index in [4.69, 9.17) is 0 Å². The number of hydrogen-bond donors (Lipinski definition) is 0. The van der Waals surface area contributed by atoms with Gasteiger partial charge in [-0.1, -0.05) is 146 Å². The Hall–Kier alpha value is -7.24. The van der Waals surface area contributed by atoms with Crippen molar-refractivity contribution in [2.45, 2.75) is 0 Å². The van der Waals surface area contributed by atoms with E-state index < -0.39 is 0 Å². The maximum Gasteiger partial charge on any atom is 0.0540 e. The van der Waals surface area contributed by atoms with Crippen LogP contribution in [0.4, 0.5) is 34.1 Å². The molecule has 60 heavy (non-hydrogen) atoms. The molecule has 0 fully saturated rings. The molecule has 0 amide bonds. The Morgan fingerprint density at radius 2 is 0.467 bits per heavy atom. The van der Waals surface area contributed by atoms with Crippen LogP contribution in [0.1, 0.15) is 0 Å². The zero-order chi connectivity index (χ0) is 39.6. The van der Waals surface area contributed by atoms with Crippen LogP contribution in [0.15, 0.2) is 218 Å². The third kappa shape index (κ3) is 5.68. The maximum atomic E-state index is 2.42. The van der Waals surface area contributed by atoms with Crippen molar-refractivity contribution in [1.29, 1.82) is 0 Å². The zero-order valence-electron chi connectivity index (χ0n) is 32.5. The largest absolute Gasteiger partial charge is 0.309 e. The number of hydrogen-bond acceptors (Lipinski definition) is 4. The number of anilines is 6. The first-order chi connectivity index (χ1) is 29.8. The maximum absolute atomic E-state index is 2.42. The van der Waals surface area contributed by atoms with E-state index in [1.54, 1.807) is 0 Å². The first kappa shape index (κ1) is 34.8. The minimum Gasteiger partial charge on any atom is -0.309 e.